The largest absolute Gasteiger partial charge is 0.214 e. The molecule has 0 radical (unpaired) electrons. The monoisotopic (exact) mass is 257 g/mol. The second-order valence-electron chi connectivity index (χ2n) is 4.19. The summed E-state index contributed by atoms with van der Waals surface area (Å²) in [5.74, 6) is -0.256. The highest BCUT2D eigenvalue weighted by atomic mass is 32.2. The topological polar surface area (TPSA) is 37.4 Å². The SMILES string of the molecule is CCS(=O)(=O)N1CCCC1c1ccccc1F. The molecule has 5 heteroatoms. The van der Waals surface area contributed by atoms with E-state index in [1.807, 2.05) is 0 Å². The van der Waals surface area contributed by atoms with Crippen LogP contribution in [0.3, 0.4) is 0 Å². The lowest BCUT2D eigenvalue weighted by Crippen LogP contribution is -2.32. The molecule has 1 unspecified atom stereocenters. The molecular weight excluding hydrogens is 241 g/mol. The van der Waals surface area contributed by atoms with Gasteiger partial charge < -0.3 is 0 Å². The van der Waals surface area contributed by atoms with Gasteiger partial charge in [-0.25, -0.2) is 12.8 Å². The smallest absolute Gasteiger partial charge is 0.212 e. The van der Waals surface area contributed by atoms with Gasteiger partial charge in [0.2, 0.25) is 10.0 Å². The Hall–Kier alpha value is -0.940. The molecule has 0 spiro atoms. The van der Waals surface area contributed by atoms with E-state index in [0.717, 1.165) is 6.42 Å². The minimum absolute atomic E-state index is 0.0674. The van der Waals surface area contributed by atoms with Crippen molar-refractivity contribution in [2.45, 2.75) is 25.8 Å². The average molecular weight is 257 g/mol. The summed E-state index contributed by atoms with van der Waals surface area (Å²) in [6.45, 7) is 2.11. The molecule has 3 nitrogen and oxygen atoms in total. The van der Waals surface area contributed by atoms with Crippen LogP contribution in [0.2, 0.25) is 0 Å². The lowest BCUT2D eigenvalue weighted by Gasteiger charge is -2.24. The number of rotatable bonds is 3. The van der Waals surface area contributed by atoms with Crippen LogP contribution in [0.25, 0.3) is 0 Å². The maximum absolute atomic E-state index is 13.7. The van der Waals surface area contributed by atoms with Crippen molar-refractivity contribution in [3.05, 3.63) is 35.6 Å². The third kappa shape index (κ3) is 2.35. The fourth-order valence-electron chi connectivity index (χ4n) is 2.30. The minimum Gasteiger partial charge on any atom is -0.212 e. The highest BCUT2D eigenvalue weighted by Gasteiger charge is 2.35. The van der Waals surface area contributed by atoms with Gasteiger partial charge in [0, 0.05) is 12.1 Å². The second kappa shape index (κ2) is 4.74. The molecule has 0 N–H and O–H groups in total. The predicted octanol–water partition coefficient (Wildman–Crippen LogP) is 2.31. The third-order valence-corrected chi connectivity index (χ3v) is 5.07. The van der Waals surface area contributed by atoms with E-state index in [1.165, 1.54) is 10.4 Å². The molecular formula is C12H16FNO2S. The first-order valence-corrected chi connectivity index (χ1v) is 7.41. The summed E-state index contributed by atoms with van der Waals surface area (Å²) >= 11 is 0. The average Bonchev–Trinajstić information content (AvgIpc) is 2.79. The molecule has 0 aromatic heterocycles. The van der Waals surface area contributed by atoms with Gasteiger partial charge in [0.15, 0.2) is 0 Å². The van der Waals surface area contributed by atoms with Gasteiger partial charge in [0.05, 0.1) is 11.8 Å². The van der Waals surface area contributed by atoms with Crippen molar-refractivity contribution < 1.29 is 12.8 Å². The fourth-order valence-corrected chi connectivity index (χ4v) is 3.64. The predicted molar refractivity (Wildman–Crippen MR) is 64.5 cm³/mol. The van der Waals surface area contributed by atoms with Gasteiger partial charge in [0.25, 0.3) is 0 Å². The molecule has 0 amide bonds. The molecule has 17 heavy (non-hydrogen) atoms. The van der Waals surface area contributed by atoms with Gasteiger partial charge >= 0.3 is 0 Å². The van der Waals surface area contributed by atoms with Crippen molar-refractivity contribution in [1.82, 2.24) is 4.31 Å². The lowest BCUT2D eigenvalue weighted by atomic mass is 10.1. The summed E-state index contributed by atoms with van der Waals surface area (Å²) in [4.78, 5) is 0. The number of hydrogen-bond donors (Lipinski definition) is 0. The van der Waals surface area contributed by atoms with Gasteiger partial charge in [0.1, 0.15) is 5.82 Å². The first-order chi connectivity index (χ1) is 8.06. The van der Waals surface area contributed by atoms with E-state index < -0.39 is 10.0 Å². The van der Waals surface area contributed by atoms with Crippen LogP contribution in [0.15, 0.2) is 24.3 Å². The van der Waals surface area contributed by atoms with Crippen molar-refractivity contribution in [3.63, 3.8) is 0 Å². The number of nitrogens with zero attached hydrogens (tertiary/aromatic N) is 1. The summed E-state index contributed by atoms with van der Waals surface area (Å²) in [5, 5.41) is 0. The van der Waals surface area contributed by atoms with Crippen molar-refractivity contribution in [2.75, 3.05) is 12.3 Å². The molecule has 1 aliphatic heterocycles. The van der Waals surface area contributed by atoms with Crippen LogP contribution in [0.5, 0.6) is 0 Å². The number of hydrogen-bond acceptors (Lipinski definition) is 2. The van der Waals surface area contributed by atoms with Crippen LogP contribution in [-0.4, -0.2) is 25.0 Å². The molecule has 94 valence electrons. The van der Waals surface area contributed by atoms with Gasteiger partial charge in [-0.15, -0.1) is 0 Å². The van der Waals surface area contributed by atoms with E-state index in [2.05, 4.69) is 0 Å². The van der Waals surface area contributed by atoms with Gasteiger partial charge in [-0.3, -0.25) is 0 Å². The van der Waals surface area contributed by atoms with E-state index in [4.69, 9.17) is 0 Å². The summed E-state index contributed by atoms with van der Waals surface area (Å²) in [6, 6.07) is 6.08. The van der Waals surface area contributed by atoms with E-state index in [0.29, 0.717) is 18.5 Å². The van der Waals surface area contributed by atoms with Crippen molar-refractivity contribution in [3.8, 4) is 0 Å². The zero-order valence-corrected chi connectivity index (χ0v) is 10.6. The number of halogens is 1. The van der Waals surface area contributed by atoms with E-state index in [-0.39, 0.29) is 17.6 Å². The Morgan fingerprint density at radius 3 is 2.76 bits per heavy atom. The molecule has 1 aromatic carbocycles. The van der Waals surface area contributed by atoms with Gasteiger partial charge in [-0.1, -0.05) is 18.2 Å². The second-order valence-corrected chi connectivity index (χ2v) is 6.40. The molecule has 1 aliphatic rings. The van der Waals surface area contributed by atoms with Crippen LogP contribution < -0.4 is 0 Å². The Kier molecular flexibility index (Phi) is 3.49. The Balaban J connectivity index is 2.36. The maximum atomic E-state index is 13.7. The molecule has 0 saturated carbocycles. The Morgan fingerprint density at radius 1 is 1.41 bits per heavy atom. The van der Waals surface area contributed by atoms with Crippen molar-refractivity contribution in [2.24, 2.45) is 0 Å². The third-order valence-electron chi connectivity index (χ3n) is 3.19. The van der Waals surface area contributed by atoms with Crippen LogP contribution in [0.1, 0.15) is 31.4 Å². The van der Waals surface area contributed by atoms with E-state index in [1.54, 1.807) is 25.1 Å². The molecule has 1 saturated heterocycles. The van der Waals surface area contributed by atoms with E-state index >= 15 is 0 Å². The Morgan fingerprint density at radius 2 is 2.12 bits per heavy atom. The lowest BCUT2D eigenvalue weighted by molar-refractivity contribution is 0.387. The highest BCUT2D eigenvalue weighted by molar-refractivity contribution is 7.89. The quantitative estimate of drug-likeness (QED) is 0.833. The summed E-state index contributed by atoms with van der Waals surface area (Å²) in [5.41, 5.74) is 0.488. The zero-order chi connectivity index (χ0) is 12.5. The maximum Gasteiger partial charge on any atom is 0.214 e. The van der Waals surface area contributed by atoms with Crippen molar-refractivity contribution >= 4 is 10.0 Å². The molecule has 2 rings (SSSR count). The summed E-state index contributed by atoms with van der Waals surface area (Å²) in [7, 11) is -3.25. The first-order valence-electron chi connectivity index (χ1n) is 5.80. The molecule has 1 heterocycles. The van der Waals surface area contributed by atoms with Crippen LogP contribution >= 0.6 is 0 Å². The summed E-state index contributed by atoms with van der Waals surface area (Å²) < 4.78 is 38.9. The van der Waals surface area contributed by atoms with Crippen molar-refractivity contribution in [1.29, 1.82) is 0 Å². The molecule has 1 atom stereocenters. The summed E-state index contributed by atoms with van der Waals surface area (Å²) in [6.07, 6.45) is 1.48. The van der Waals surface area contributed by atoms with E-state index in [9.17, 15) is 12.8 Å². The number of sulfonamides is 1. The normalized spacial score (nSPS) is 21.9. The van der Waals surface area contributed by atoms with Gasteiger partial charge in [-0.2, -0.15) is 4.31 Å². The van der Waals surface area contributed by atoms with Crippen LogP contribution in [-0.2, 0) is 10.0 Å². The highest BCUT2D eigenvalue weighted by Crippen LogP contribution is 2.35. The zero-order valence-electron chi connectivity index (χ0n) is 9.77. The van der Waals surface area contributed by atoms with Crippen LogP contribution in [0, 0.1) is 5.82 Å². The molecule has 0 aliphatic carbocycles. The molecule has 1 fully saturated rings. The Bertz CT molecular complexity index is 501. The molecule has 0 bridgehead atoms. The van der Waals surface area contributed by atoms with Crippen LogP contribution in [0.4, 0.5) is 4.39 Å². The fraction of sp³-hybridized carbons (Fsp3) is 0.500. The first kappa shape index (κ1) is 12.5. The number of benzene rings is 1. The van der Waals surface area contributed by atoms with Gasteiger partial charge in [-0.05, 0) is 25.8 Å². The molecule has 1 aromatic rings. The minimum atomic E-state index is -3.25. The standard InChI is InChI=1S/C12H16FNO2S/c1-2-17(15,16)14-9-5-8-12(14)10-6-3-4-7-11(10)13/h3-4,6-7,12H,2,5,8-9H2,1H3. The Labute approximate surface area is 101 Å².